The maximum absolute atomic E-state index is 12.0. The molecule has 6 nitrogen and oxygen atoms in total. The van der Waals surface area contributed by atoms with Crippen LogP contribution in [0.15, 0.2) is 53.9 Å². The zero-order chi connectivity index (χ0) is 16.8. The lowest BCUT2D eigenvalue weighted by Gasteiger charge is -2.04. The van der Waals surface area contributed by atoms with Crippen molar-refractivity contribution in [2.24, 2.45) is 0 Å². The fourth-order valence-corrected chi connectivity index (χ4v) is 2.70. The van der Waals surface area contributed by atoms with Crippen LogP contribution in [-0.4, -0.2) is 31.8 Å². The minimum atomic E-state index is -0.0838. The van der Waals surface area contributed by atoms with E-state index < -0.39 is 0 Å². The zero-order valence-electron chi connectivity index (χ0n) is 13.2. The normalized spacial score (nSPS) is 10.5. The van der Waals surface area contributed by atoms with Gasteiger partial charge in [-0.3, -0.25) is 14.9 Å². The van der Waals surface area contributed by atoms with E-state index >= 15 is 0 Å². The maximum Gasteiger partial charge on any atom is 0.234 e. The summed E-state index contributed by atoms with van der Waals surface area (Å²) in [6, 6.07) is 11.5. The predicted molar refractivity (Wildman–Crippen MR) is 94.8 cm³/mol. The Morgan fingerprint density at radius 2 is 1.92 bits per heavy atom. The fourth-order valence-electron chi connectivity index (χ4n) is 2.10. The summed E-state index contributed by atoms with van der Waals surface area (Å²) in [4.78, 5) is 20.3. The molecule has 1 amide bonds. The van der Waals surface area contributed by atoms with Crippen LogP contribution in [0.5, 0.6) is 0 Å². The van der Waals surface area contributed by atoms with Gasteiger partial charge in [-0.1, -0.05) is 30.8 Å². The molecule has 0 unspecified atom stereocenters. The third-order valence-electron chi connectivity index (χ3n) is 3.40. The van der Waals surface area contributed by atoms with Gasteiger partial charge in [0.15, 0.2) is 5.82 Å². The Balaban J connectivity index is 1.53. The zero-order valence-corrected chi connectivity index (χ0v) is 14.0. The summed E-state index contributed by atoms with van der Waals surface area (Å²) in [5.74, 6) is 0.832. The summed E-state index contributed by atoms with van der Waals surface area (Å²) in [6.45, 7) is 2.10. The number of anilines is 1. The van der Waals surface area contributed by atoms with Gasteiger partial charge in [0.2, 0.25) is 11.1 Å². The van der Waals surface area contributed by atoms with E-state index in [1.54, 1.807) is 12.4 Å². The molecule has 122 valence electrons. The molecule has 3 rings (SSSR count). The number of carbonyl (C=O) groups excluding carboxylic acids is 1. The number of nitrogens with zero attached hydrogens (tertiary/aromatic N) is 3. The lowest BCUT2D eigenvalue weighted by Crippen LogP contribution is -2.14. The molecule has 2 aromatic heterocycles. The van der Waals surface area contributed by atoms with Crippen LogP contribution in [0.4, 0.5) is 5.69 Å². The minimum Gasteiger partial charge on any atom is -0.325 e. The van der Waals surface area contributed by atoms with Gasteiger partial charge in [0.25, 0.3) is 0 Å². The predicted octanol–water partition coefficient (Wildman–Crippen LogP) is 3.16. The summed E-state index contributed by atoms with van der Waals surface area (Å²) in [6.07, 6.45) is 4.37. The van der Waals surface area contributed by atoms with E-state index in [0.29, 0.717) is 11.0 Å². The van der Waals surface area contributed by atoms with Crippen LogP contribution in [-0.2, 0) is 11.2 Å². The molecule has 0 saturated heterocycles. The number of hydrogen-bond donors (Lipinski definition) is 2. The minimum absolute atomic E-state index is 0.0838. The van der Waals surface area contributed by atoms with Crippen molar-refractivity contribution in [2.75, 3.05) is 11.1 Å². The van der Waals surface area contributed by atoms with Crippen LogP contribution < -0.4 is 5.32 Å². The molecule has 0 radical (unpaired) electrons. The fraction of sp³-hybridized carbons (Fsp3) is 0.176. The molecule has 0 aliphatic carbocycles. The van der Waals surface area contributed by atoms with Gasteiger partial charge in [-0.15, -0.1) is 5.10 Å². The Morgan fingerprint density at radius 3 is 2.62 bits per heavy atom. The number of H-pyrrole nitrogens is 1. The Hall–Kier alpha value is -2.67. The van der Waals surface area contributed by atoms with E-state index in [4.69, 9.17) is 0 Å². The highest BCUT2D eigenvalue weighted by molar-refractivity contribution is 7.99. The molecule has 0 aliphatic heterocycles. The van der Waals surface area contributed by atoms with Crippen molar-refractivity contribution in [3.05, 3.63) is 54.4 Å². The van der Waals surface area contributed by atoms with Crippen LogP contribution in [0, 0.1) is 0 Å². The number of rotatable bonds is 6. The molecule has 0 saturated carbocycles. The Kier molecular flexibility index (Phi) is 5.22. The average molecular weight is 339 g/mol. The second-order valence-electron chi connectivity index (χ2n) is 5.09. The average Bonchev–Trinajstić information content (AvgIpc) is 3.10. The van der Waals surface area contributed by atoms with Gasteiger partial charge in [-0.05, 0) is 36.2 Å². The first-order valence-corrected chi connectivity index (χ1v) is 8.57. The van der Waals surface area contributed by atoms with Gasteiger partial charge in [0, 0.05) is 23.6 Å². The number of nitrogens with one attached hydrogen (secondary N) is 2. The van der Waals surface area contributed by atoms with Crippen molar-refractivity contribution in [3.8, 4) is 11.4 Å². The van der Waals surface area contributed by atoms with Crippen molar-refractivity contribution < 1.29 is 4.79 Å². The van der Waals surface area contributed by atoms with Crippen LogP contribution in [0.1, 0.15) is 12.5 Å². The van der Waals surface area contributed by atoms with Crippen molar-refractivity contribution >= 4 is 23.4 Å². The quantitative estimate of drug-likeness (QED) is 0.674. The molecule has 1 aromatic carbocycles. The first-order valence-electron chi connectivity index (χ1n) is 7.59. The molecule has 0 bridgehead atoms. The van der Waals surface area contributed by atoms with Crippen LogP contribution in [0.2, 0.25) is 0 Å². The molecule has 0 aliphatic rings. The number of benzene rings is 1. The van der Waals surface area contributed by atoms with Crippen molar-refractivity contribution in [2.45, 2.75) is 18.5 Å². The van der Waals surface area contributed by atoms with E-state index in [1.165, 1.54) is 17.3 Å². The molecule has 0 atom stereocenters. The molecule has 2 heterocycles. The van der Waals surface area contributed by atoms with Crippen LogP contribution in [0.25, 0.3) is 11.4 Å². The van der Waals surface area contributed by atoms with Gasteiger partial charge in [-0.25, -0.2) is 4.98 Å². The van der Waals surface area contributed by atoms with E-state index in [1.807, 2.05) is 36.4 Å². The van der Waals surface area contributed by atoms with E-state index in [2.05, 4.69) is 32.4 Å². The van der Waals surface area contributed by atoms with Gasteiger partial charge in [-0.2, -0.15) is 0 Å². The Bertz CT molecular complexity index is 801. The van der Waals surface area contributed by atoms with E-state index in [9.17, 15) is 4.79 Å². The molecule has 2 N–H and O–H groups in total. The van der Waals surface area contributed by atoms with Gasteiger partial charge in [0.1, 0.15) is 0 Å². The molecule has 3 aromatic rings. The third kappa shape index (κ3) is 4.20. The number of carbonyl (C=O) groups is 1. The highest BCUT2D eigenvalue weighted by Gasteiger charge is 2.09. The number of hydrogen-bond acceptors (Lipinski definition) is 5. The van der Waals surface area contributed by atoms with Crippen molar-refractivity contribution in [1.29, 1.82) is 0 Å². The summed E-state index contributed by atoms with van der Waals surface area (Å²) in [5, 5.41) is 10.4. The monoisotopic (exact) mass is 339 g/mol. The highest BCUT2D eigenvalue weighted by Crippen LogP contribution is 2.19. The summed E-state index contributed by atoms with van der Waals surface area (Å²) >= 11 is 1.29. The Morgan fingerprint density at radius 1 is 1.17 bits per heavy atom. The summed E-state index contributed by atoms with van der Waals surface area (Å²) in [7, 11) is 0. The van der Waals surface area contributed by atoms with Crippen molar-refractivity contribution in [3.63, 3.8) is 0 Å². The van der Waals surface area contributed by atoms with Crippen LogP contribution in [0.3, 0.4) is 0 Å². The first-order chi connectivity index (χ1) is 11.7. The molecule has 24 heavy (non-hydrogen) atoms. The summed E-state index contributed by atoms with van der Waals surface area (Å²) in [5.41, 5.74) is 2.95. The molecular weight excluding hydrogens is 322 g/mol. The molecule has 0 fully saturated rings. The van der Waals surface area contributed by atoms with E-state index in [-0.39, 0.29) is 11.7 Å². The maximum atomic E-state index is 12.0. The lowest BCUT2D eigenvalue weighted by atomic mass is 10.1. The molecular formula is C17H17N5OS. The number of aromatic nitrogens is 4. The van der Waals surface area contributed by atoms with Crippen molar-refractivity contribution in [1.82, 2.24) is 20.2 Å². The number of aromatic amines is 1. The van der Waals surface area contributed by atoms with E-state index in [0.717, 1.165) is 17.7 Å². The third-order valence-corrected chi connectivity index (χ3v) is 4.24. The Labute approximate surface area is 144 Å². The van der Waals surface area contributed by atoms with Gasteiger partial charge in [0.05, 0.1) is 5.75 Å². The summed E-state index contributed by atoms with van der Waals surface area (Å²) < 4.78 is 0. The molecule has 0 spiro atoms. The number of thioether (sulfide) groups is 1. The second-order valence-corrected chi connectivity index (χ2v) is 6.03. The lowest BCUT2D eigenvalue weighted by molar-refractivity contribution is -0.113. The van der Waals surface area contributed by atoms with Gasteiger partial charge >= 0.3 is 0 Å². The highest BCUT2D eigenvalue weighted by atomic mass is 32.2. The standard InChI is InChI=1S/C17H17N5OS/c1-2-12-3-5-14(6-4-12)19-15(23)11-24-17-20-16(21-22-17)13-7-9-18-10-8-13/h3-10H,2,11H2,1H3,(H,19,23)(H,20,21,22). The number of aryl methyl sites for hydroxylation is 1. The van der Waals surface area contributed by atoms with Crippen LogP contribution >= 0.6 is 11.8 Å². The topological polar surface area (TPSA) is 83.6 Å². The smallest absolute Gasteiger partial charge is 0.234 e. The molecule has 7 heteroatoms. The number of pyridine rings is 1. The number of amides is 1. The first kappa shape index (κ1) is 16.2. The largest absolute Gasteiger partial charge is 0.325 e. The SMILES string of the molecule is CCc1ccc(NC(=O)CSc2n[nH]c(-c3ccncc3)n2)cc1. The van der Waals surface area contributed by atoms with Gasteiger partial charge < -0.3 is 5.32 Å². The second kappa shape index (κ2) is 7.74.